The molecule has 1 spiro atoms. The van der Waals surface area contributed by atoms with Crippen LogP contribution in [-0.2, 0) is 16.8 Å². The normalized spacial score (nSPS) is 29.0. The lowest BCUT2D eigenvalue weighted by Crippen LogP contribution is -2.47. The zero-order valence-electron chi connectivity index (χ0n) is 15.2. The third-order valence-electron chi connectivity index (χ3n) is 6.18. The van der Waals surface area contributed by atoms with Crippen molar-refractivity contribution in [3.63, 3.8) is 0 Å². The van der Waals surface area contributed by atoms with Gasteiger partial charge in [-0.15, -0.1) is 0 Å². The van der Waals surface area contributed by atoms with E-state index >= 15 is 0 Å². The van der Waals surface area contributed by atoms with E-state index in [0.29, 0.717) is 26.2 Å². The van der Waals surface area contributed by atoms with Gasteiger partial charge in [0.05, 0.1) is 0 Å². The molecule has 0 N–H and O–H groups in total. The summed E-state index contributed by atoms with van der Waals surface area (Å²) in [6, 6.07) is 6.70. The molecule has 144 valence electrons. The Kier molecular flexibility index (Phi) is 5.07. The number of nitrogens with zero attached hydrogens (tertiary/aromatic N) is 3. The first kappa shape index (κ1) is 18.3. The zero-order chi connectivity index (χ0) is 18.2. The van der Waals surface area contributed by atoms with Crippen molar-refractivity contribution in [1.29, 1.82) is 0 Å². The smallest absolute Gasteiger partial charge is 0.281 e. The van der Waals surface area contributed by atoms with Gasteiger partial charge in [-0.25, -0.2) is 4.39 Å². The monoisotopic (exact) mass is 381 g/mol. The summed E-state index contributed by atoms with van der Waals surface area (Å²) < 4.78 is 42.2. The van der Waals surface area contributed by atoms with Crippen molar-refractivity contribution in [3.8, 4) is 0 Å². The molecule has 0 radical (unpaired) electrons. The summed E-state index contributed by atoms with van der Waals surface area (Å²) in [6.07, 6.45) is 5.09. The molecule has 0 aromatic heterocycles. The highest BCUT2D eigenvalue weighted by atomic mass is 32.2. The molecule has 0 unspecified atom stereocenters. The Labute approximate surface area is 155 Å². The van der Waals surface area contributed by atoms with E-state index in [1.54, 1.807) is 8.61 Å². The maximum absolute atomic E-state index is 13.1. The maximum Gasteiger partial charge on any atom is 0.281 e. The zero-order valence-corrected chi connectivity index (χ0v) is 16.1. The molecular weight excluding hydrogens is 353 g/mol. The van der Waals surface area contributed by atoms with Gasteiger partial charge < -0.3 is 0 Å². The predicted molar refractivity (Wildman–Crippen MR) is 99.3 cm³/mol. The van der Waals surface area contributed by atoms with Gasteiger partial charge in [0, 0.05) is 39.3 Å². The van der Waals surface area contributed by atoms with E-state index in [1.807, 2.05) is 12.1 Å². The predicted octanol–water partition coefficient (Wildman–Crippen LogP) is 2.45. The Balaban J connectivity index is 1.41. The molecule has 3 aliphatic heterocycles. The van der Waals surface area contributed by atoms with Gasteiger partial charge in [-0.1, -0.05) is 12.1 Å². The molecule has 3 saturated heterocycles. The largest absolute Gasteiger partial charge is 0.298 e. The molecule has 0 aliphatic carbocycles. The first-order valence-corrected chi connectivity index (χ1v) is 11.1. The van der Waals surface area contributed by atoms with Crippen LogP contribution in [0.1, 0.15) is 37.7 Å². The van der Waals surface area contributed by atoms with E-state index in [0.717, 1.165) is 57.3 Å². The van der Waals surface area contributed by atoms with Gasteiger partial charge in [0.25, 0.3) is 10.2 Å². The topological polar surface area (TPSA) is 43.9 Å². The van der Waals surface area contributed by atoms with Crippen LogP contribution in [0.3, 0.4) is 0 Å². The van der Waals surface area contributed by atoms with Crippen molar-refractivity contribution in [2.45, 2.75) is 38.6 Å². The molecule has 0 amide bonds. The van der Waals surface area contributed by atoms with E-state index in [4.69, 9.17) is 0 Å². The molecule has 5 nitrogen and oxygen atoms in total. The molecule has 26 heavy (non-hydrogen) atoms. The van der Waals surface area contributed by atoms with E-state index in [2.05, 4.69) is 4.90 Å². The minimum absolute atomic E-state index is 0.0745. The van der Waals surface area contributed by atoms with Gasteiger partial charge in [-0.3, -0.25) is 4.90 Å². The van der Waals surface area contributed by atoms with Crippen molar-refractivity contribution >= 4 is 10.2 Å². The summed E-state index contributed by atoms with van der Waals surface area (Å²) in [4.78, 5) is 2.41. The Morgan fingerprint density at radius 3 is 2.35 bits per heavy atom. The number of rotatable bonds is 4. The molecule has 1 atom stereocenters. The van der Waals surface area contributed by atoms with Crippen molar-refractivity contribution in [1.82, 2.24) is 13.5 Å². The lowest BCUT2D eigenvalue weighted by molar-refractivity contribution is 0.0931. The fourth-order valence-electron chi connectivity index (χ4n) is 4.80. The second kappa shape index (κ2) is 7.19. The van der Waals surface area contributed by atoms with Gasteiger partial charge >= 0.3 is 0 Å². The lowest BCUT2D eigenvalue weighted by atomic mass is 9.79. The Morgan fingerprint density at radius 2 is 1.62 bits per heavy atom. The molecule has 7 heteroatoms. The fraction of sp³-hybridized carbons (Fsp3) is 0.684. The average molecular weight is 382 g/mol. The minimum Gasteiger partial charge on any atom is -0.298 e. The molecule has 3 heterocycles. The molecular formula is C19H28FN3O2S. The molecule has 4 rings (SSSR count). The average Bonchev–Trinajstić information content (AvgIpc) is 3.28. The highest BCUT2D eigenvalue weighted by Gasteiger charge is 2.46. The number of likely N-dealkylation sites (tertiary alicyclic amines) is 1. The number of halogens is 1. The summed E-state index contributed by atoms with van der Waals surface area (Å²) in [5.41, 5.74) is 1.19. The Morgan fingerprint density at radius 1 is 0.885 bits per heavy atom. The third kappa shape index (κ3) is 3.67. The van der Waals surface area contributed by atoms with Gasteiger partial charge in [0.1, 0.15) is 5.82 Å². The maximum atomic E-state index is 13.1. The van der Waals surface area contributed by atoms with Crippen LogP contribution in [0.15, 0.2) is 24.3 Å². The summed E-state index contributed by atoms with van der Waals surface area (Å²) in [5.74, 6) is -0.206. The number of hydrogen-bond donors (Lipinski definition) is 0. The third-order valence-corrected chi connectivity index (χ3v) is 8.16. The summed E-state index contributed by atoms with van der Waals surface area (Å²) in [7, 11) is -3.29. The number of hydrogen-bond acceptors (Lipinski definition) is 3. The molecule has 0 bridgehead atoms. The molecule has 3 aliphatic rings. The van der Waals surface area contributed by atoms with E-state index in [1.165, 1.54) is 12.1 Å². The van der Waals surface area contributed by atoms with Gasteiger partial charge in [0.15, 0.2) is 0 Å². The highest BCUT2D eigenvalue weighted by molar-refractivity contribution is 7.86. The second-order valence-electron chi connectivity index (χ2n) is 8.14. The van der Waals surface area contributed by atoms with Crippen LogP contribution in [0.2, 0.25) is 0 Å². The Bertz CT molecular complexity index is 734. The van der Waals surface area contributed by atoms with Crippen molar-refractivity contribution in [2.24, 2.45) is 5.41 Å². The van der Waals surface area contributed by atoms with Crippen LogP contribution in [0.25, 0.3) is 0 Å². The van der Waals surface area contributed by atoms with E-state index in [9.17, 15) is 12.8 Å². The van der Waals surface area contributed by atoms with Crippen molar-refractivity contribution in [3.05, 3.63) is 35.6 Å². The Hall–Kier alpha value is -1.02. The van der Waals surface area contributed by atoms with Crippen LogP contribution in [0.5, 0.6) is 0 Å². The summed E-state index contributed by atoms with van der Waals surface area (Å²) in [6.45, 7) is 5.38. The molecule has 1 aromatic rings. The first-order valence-electron chi connectivity index (χ1n) is 9.69. The van der Waals surface area contributed by atoms with Crippen LogP contribution in [0, 0.1) is 11.2 Å². The van der Waals surface area contributed by atoms with Gasteiger partial charge in [-0.05, 0) is 61.8 Å². The summed E-state index contributed by atoms with van der Waals surface area (Å²) >= 11 is 0. The summed E-state index contributed by atoms with van der Waals surface area (Å²) in [5, 5.41) is 0. The lowest BCUT2D eigenvalue weighted by Gasteiger charge is -2.40. The van der Waals surface area contributed by atoms with Crippen molar-refractivity contribution in [2.75, 3.05) is 39.3 Å². The van der Waals surface area contributed by atoms with Crippen LogP contribution in [0.4, 0.5) is 4.39 Å². The van der Waals surface area contributed by atoms with Crippen molar-refractivity contribution < 1.29 is 12.8 Å². The quantitative estimate of drug-likeness (QED) is 0.805. The first-order chi connectivity index (χ1) is 12.5. The second-order valence-corrected chi connectivity index (χ2v) is 10.1. The van der Waals surface area contributed by atoms with Gasteiger partial charge in [-0.2, -0.15) is 17.0 Å². The fourth-order valence-corrected chi connectivity index (χ4v) is 6.60. The minimum atomic E-state index is -3.29. The van der Waals surface area contributed by atoms with Crippen LogP contribution in [-0.4, -0.2) is 61.2 Å². The molecule has 0 saturated carbocycles. The highest BCUT2D eigenvalue weighted by Crippen LogP contribution is 2.41. The SMILES string of the molecule is O=S(=O)(N1CCCC1)N1CC[C@@]2(CCCN(Cc3ccc(F)cc3)C2)C1. The van der Waals surface area contributed by atoms with E-state index in [-0.39, 0.29) is 11.2 Å². The van der Waals surface area contributed by atoms with Gasteiger partial charge in [0.2, 0.25) is 0 Å². The van der Waals surface area contributed by atoms with Crippen LogP contribution >= 0.6 is 0 Å². The number of benzene rings is 1. The molecule has 3 fully saturated rings. The number of piperidine rings is 1. The van der Waals surface area contributed by atoms with E-state index < -0.39 is 10.2 Å². The van der Waals surface area contributed by atoms with Crippen LogP contribution < -0.4 is 0 Å². The molecule has 1 aromatic carbocycles. The standard InChI is InChI=1S/C19H28FN3O2S/c20-18-6-4-17(5-7-18)14-21-10-3-8-19(15-21)9-13-23(16-19)26(24,25)22-11-1-2-12-22/h4-7H,1-3,8-16H2/t19-/m1/s1.